The van der Waals surface area contributed by atoms with Crippen LogP contribution in [-0.2, 0) is 4.74 Å². The monoisotopic (exact) mass is 130 g/mol. The van der Waals surface area contributed by atoms with Crippen molar-refractivity contribution in [2.45, 2.75) is 40.2 Å². The molecule has 1 heteroatoms. The second-order valence-corrected chi connectivity index (χ2v) is 3.50. The minimum absolute atomic E-state index is 0.295. The molecule has 0 radical (unpaired) electrons. The average molecular weight is 130 g/mol. The minimum Gasteiger partial charge on any atom is -0.381 e. The predicted molar refractivity (Wildman–Crippen MR) is 40.5 cm³/mol. The van der Waals surface area contributed by atoms with Gasteiger partial charge in [-0.25, -0.2) is 0 Å². The molecule has 0 saturated heterocycles. The first-order valence-electron chi connectivity index (χ1n) is 3.55. The highest BCUT2D eigenvalue weighted by Crippen LogP contribution is 2.23. The largest absolute Gasteiger partial charge is 0.381 e. The van der Waals surface area contributed by atoms with Gasteiger partial charge in [-0.1, -0.05) is 27.7 Å². The molecule has 56 valence electrons. The summed E-state index contributed by atoms with van der Waals surface area (Å²) >= 11 is 0. The van der Waals surface area contributed by atoms with Crippen molar-refractivity contribution in [3.8, 4) is 0 Å². The van der Waals surface area contributed by atoms with E-state index in [9.17, 15) is 0 Å². The quantitative estimate of drug-likeness (QED) is 0.558. The van der Waals surface area contributed by atoms with Crippen molar-refractivity contribution in [3.63, 3.8) is 0 Å². The first-order chi connectivity index (χ1) is 4.02. The minimum atomic E-state index is 0.295. The number of ether oxygens (including phenoxy) is 1. The van der Waals surface area contributed by atoms with E-state index in [1.807, 2.05) is 0 Å². The Bertz CT molecular complexity index is 67.1. The maximum absolute atomic E-state index is 5.26. The summed E-state index contributed by atoms with van der Waals surface area (Å²) in [6.07, 6.45) is 1.50. The predicted octanol–water partition coefficient (Wildman–Crippen LogP) is 2.46. The van der Waals surface area contributed by atoms with Crippen molar-refractivity contribution < 1.29 is 4.74 Å². The van der Waals surface area contributed by atoms with Crippen LogP contribution in [0.3, 0.4) is 0 Å². The van der Waals surface area contributed by atoms with Gasteiger partial charge in [-0.05, 0) is 11.8 Å². The Morgan fingerprint density at radius 1 is 1.33 bits per heavy atom. The lowest BCUT2D eigenvalue weighted by Crippen LogP contribution is -2.27. The summed E-state index contributed by atoms with van der Waals surface area (Å²) in [7, 11) is 1.78. The first kappa shape index (κ1) is 8.96. The van der Waals surface area contributed by atoms with Crippen molar-refractivity contribution >= 4 is 0 Å². The molecule has 1 atom stereocenters. The molecule has 0 saturated carbocycles. The van der Waals surface area contributed by atoms with Crippen LogP contribution in [0.15, 0.2) is 0 Å². The average Bonchev–Trinajstić information content (AvgIpc) is 1.65. The summed E-state index contributed by atoms with van der Waals surface area (Å²) < 4.78 is 5.26. The van der Waals surface area contributed by atoms with Crippen LogP contribution in [0.25, 0.3) is 0 Å². The van der Waals surface area contributed by atoms with E-state index in [2.05, 4.69) is 27.7 Å². The van der Waals surface area contributed by atoms with Gasteiger partial charge < -0.3 is 4.74 Å². The molecule has 0 spiro atoms. The van der Waals surface area contributed by atoms with E-state index in [0.29, 0.717) is 11.5 Å². The van der Waals surface area contributed by atoms with Gasteiger partial charge in [0.25, 0.3) is 0 Å². The van der Waals surface area contributed by atoms with E-state index < -0.39 is 0 Å². The fourth-order valence-corrected chi connectivity index (χ4v) is 1.13. The lowest BCUT2D eigenvalue weighted by Gasteiger charge is -2.27. The Hall–Kier alpha value is -0.0400. The molecule has 0 aliphatic rings. The standard InChI is InChI=1S/C8H18O/c1-6-7(9-5)8(2,3)4/h7H,6H2,1-5H3/t7-/m0/s1. The van der Waals surface area contributed by atoms with E-state index in [-0.39, 0.29) is 0 Å². The van der Waals surface area contributed by atoms with Gasteiger partial charge in [0, 0.05) is 7.11 Å². The van der Waals surface area contributed by atoms with Crippen LogP contribution in [0.5, 0.6) is 0 Å². The van der Waals surface area contributed by atoms with Crippen molar-refractivity contribution in [3.05, 3.63) is 0 Å². The van der Waals surface area contributed by atoms with E-state index in [1.54, 1.807) is 7.11 Å². The zero-order valence-corrected chi connectivity index (χ0v) is 7.19. The molecule has 0 heterocycles. The van der Waals surface area contributed by atoms with Crippen LogP contribution >= 0.6 is 0 Å². The highest BCUT2D eigenvalue weighted by molar-refractivity contribution is 4.71. The molecule has 1 nitrogen and oxygen atoms in total. The molecule has 0 aliphatic carbocycles. The Morgan fingerprint density at radius 2 is 1.78 bits per heavy atom. The molecular weight excluding hydrogens is 112 g/mol. The third kappa shape index (κ3) is 2.85. The van der Waals surface area contributed by atoms with Gasteiger partial charge in [0.05, 0.1) is 6.10 Å². The second-order valence-electron chi connectivity index (χ2n) is 3.50. The molecule has 9 heavy (non-hydrogen) atoms. The number of methoxy groups -OCH3 is 1. The van der Waals surface area contributed by atoms with Crippen molar-refractivity contribution in [2.75, 3.05) is 7.11 Å². The molecule has 0 fully saturated rings. The molecule has 0 rings (SSSR count). The molecular formula is C8H18O. The summed E-state index contributed by atoms with van der Waals surface area (Å²) in [5.74, 6) is 0. The van der Waals surface area contributed by atoms with E-state index in [4.69, 9.17) is 4.74 Å². The third-order valence-corrected chi connectivity index (χ3v) is 1.62. The van der Waals surface area contributed by atoms with E-state index in [0.717, 1.165) is 6.42 Å². The molecule has 0 aromatic carbocycles. The fraction of sp³-hybridized carbons (Fsp3) is 1.00. The van der Waals surface area contributed by atoms with Crippen molar-refractivity contribution in [2.24, 2.45) is 5.41 Å². The molecule has 0 unspecified atom stereocenters. The van der Waals surface area contributed by atoms with Gasteiger partial charge in [0.2, 0.25) is 0 Å². The smallest absolute Gasteiger partial charge is 0.0617 e. The van der Waals surface area contributed by atoms with Crippen LogP contribution in [0, 0.1) is 5.41 Å². The third-order valence-electron chi connectivity index (χ3n) is 1.62. The fourth-order valence-electron chi connectivity index (χ4n) is 1.13. The van der Waals surface area contributed by atoms with Crippen LogP contribution in [0.4, 0.5) is 0 Å². The Kier molecular flexibility index (Phi) is 3.20. The number of rotatable bonds is 2. The first-order valence-corrected chi connectivity index (χ1v) is 3.55. The lowest BCUT2D eigenvalue weighted by molar-refractivity contribution is 0.0143. The molecule has 0 amide bonds. The van der Waals surface area contributed by atoms with Gasteiger partial charge in [0.15, 0.2) is 0 Å². The van der Waals surface area contributed by atoms with Gasteiger partial charge in [0.1, 0.15) is 0 Å². The zero-order chi connectivity index (χ0) is 7.49. The maximum atomic E-state index is 5.26. The Morgan fingerprint density at radius 3 is 1.78 bits per heavy atom. The molecule has 0 aromatic rings. The summed E-state index contributed by atoms with van der Waals surface area (Å²) in [6, 6.07) is 0. The van der Waals surface area contributed by atoms with Gasteiger partial charge in [-0.2, -0.15) is 0 Å². The molecule has 0 N–H and O–H groups in total. The normalized spacial score (nSPS) is 15.7. The van der Waals surface area contributed by atoms with E-state index >= 15 is 0 Å². The zero-order valence-electron chi connectivity index (χ0n) is 7.19. The summed E-state index contributed by atoms with van der Waals surface area (Å²) in [4.78, 5) is 0. The van der Waals surface area contributed by atoms with Crippen molar-refractivity contribution in [1.82, 2.24) is 0 Å². The topological polar surface area (TPSA) is 9.23 Å². The molecule has 0 aliphatic heterocycles. The lowest BCUT2D eigenvalue weighted by atomic mass is 9.87. The Labute approximate surface area is 58.4 Å². The van der Waals surface area contributed by atoms with Crippen LogP contribution in [0.2, 0.25) is 0 Å². The highest BCUT2D eigenvalue weighted by Gasteiger charge is 2.21. The van der Waals surface area contributed by atoms with Crippen LogP contribution in [-0.4, -0.2) is 13.2 Å². The summed E-state index contributed by atoms with van der Waals surface area (Å²) in [5, 5.41) is 0. The van der Waals surface area contributed by atoms with E-state index in [1.165, 1.54) is 0 Å². The van der Waals surface area contributed by atoms with Crippen LogP contribution < -0.4 is 0 Å². The number of hydrogen-bond donors (Lipinski definition) is 0. The Balaban J connectivity index is 3.79. The second kappa shape index (κ2) is 3.21. The maximum Gasteiger partial charge on any atom is 0.0617 e. The molecule has 0 bridgehead atoms. The summed E-state index contributed by atoms with van der Waals surface area (Å²) in [5.41, 5.74) is 0.295. The summed E-state index contributed by atoms with van der Waals surface area (Å²) in [6.45, 7) is 8.75. The van der Waals surface area contributed by atoms with Gasteiger partial charge in [-0.3, -0.25) is 0 Å². The van der Waals surface area contributed by atoms with Crippen molar-refractivity contribution in [1.29, 1.82) is 0 Å². The van der Waals surface area contributed by atoms with Gasteiger partial charge in [-0.15, -0.1) is 0 Å². The highest BCUT2D eigenvalue weighted by atomic mass is 16.5. The number of hydrogen-bond acceptors (Lipinski definition) is 1. The van der Waals surface area contributed by atoms with Crippen LogP contribution in [0.1, 0.15) is 34.1 Å². The SMILES string of the molecule is CC[C@H](OC)C(C)(C)C. The molecule has 0 aromatic heterocycles. The van der Waals surface area contributed by atoms with Gasteiger partial charge >= 0.3 is 0 Å².